The van der Waals surface area contributed by atoms with E-state index in [4.69, 9.17) is 10.5 Å². The Morgan fingerprint density at radius 1 is 1.33 bits per heavy atom. The normalized spacial score (nSPS) is 18.5. The van der Waals surface area contributed by atoms with E-state index in [1.165, 1.54) is 0 Å². The highest BCUT2D eigenvalue weighted by molar-refractivity contribution is 5.64. The Labute approximate surface area is 125 Å². The van der Waals surface area contributed by atoms with Gasteiger partial charge < -0.3 is 15.4 Å². The van der Waals surface area contributed by atoms with Gasteiger partial charge in [-0.1, -0.05) is 0 Å². The van der Waals surface area contributed by atoms with E-state index in [0.29, 0.717) is 0 Å². The molecule has 0 radical (unpaired) electrons. The van der Waals surface area contributed by atoms with Gasteiger partial charge in [0, 0.05) is 25.2 Å². The Hall–Kier alpha value is -2.01. The second-order valence-electron chi connectivity index (χ2n) is 5.83. The van der Waals surface area contributed by atoms with Gasteiger partial charge in [-0.15, -0.1) is 0 Å². The molecular weight excluding hydrogens is 264 g/mol. The fourth-order valence-electron chi connectivity index (χ4n) is 2.60. The second-order valence-corrected chi connectivity index (χ2v) is 5.83. The van der Waals surface area contributed by atoms with Gasteiger partial charge in [-0.2, -0.15) is 5.10 Å². The van der Waals surface area contributed by atoms with Crippen molar-refractivity contribution in [1.29, 1.82) is 0 Å². The lowest BCUT2D eigenvalue weighted by molar-refractivity contribution is 0.242. The van der Waals surface area contributed by atoms with E-state index in [1.807, 2.05) is 38.1 Å². The first kappa shape index (κ1) is 13.9. The summed E-state index contributed by atoms with van der Waals surface area (Å²) >= 11 is 0. The third-order valence-corrected chi connectivity index (χ3v) is 3.65. The van der Waals surface area contributed by atoms with Gasteiger partial charge >= 0.3 is 0 Å². The number of nitrogens with zero attached hydrogens (tertiary/aromatic N) is 2. The van der Waals surface area contributed by atoms with Crippen LogP contribution in [0.15, 0.2) is 30.3 Å². The van der Waals surface area contributed by atoms with Crippen molar-refractivity contribution in [2.45, 2.75) is 32.4 Å². The maximum absolute atomic E-state index is 5.94. The standard InChI is InChI=1S/C16H22N4O/c1-11(2)21-14-5-3-12(4-6-14)15-9-16(19-18-15)20-8-7-13(17)10-20/h3-6,9,11,13H,7-8,10,17H2,1-2H3,(H,18,19). The lowest BCUT2D eigenvalue weighted by Crippen LogP contribution is -2.26. The summed E-state index contributed by atoms with van der Waals surface area (Å²) in [5, 5.41) is 7.49. The molecule has 5 heteroatoms. The summed E-state index contributed by atoms with van der Waals surface area (Å²) in [6, 6.07) is 10.4. The van der Waals surface area contributed by atoms with E-state index in [1.54, 1.807) is 0 Å². The number of ether oxygens (including phenoxy) is 1. The van der Waals surface area contributed by atoms with Crippen LogP contribution < -0.4 is 15.4 Å². The van der Waals surface area contributed by atoms with Crippen LogP contribution in [0.1, 0.15) is 20.3 Å². The molecular formula is C16H22N4O. The number of rotatable bonds is 4. The zero-order valence-electron chi connectivity index (χ0n) is 12.5. The van der Waals surface area contributed by atoms with Crippen molar-refractivity contribution in [3.8, 4) is 17.0 Å². The van der Waals surface area contributed by atoms with Crippen molar-refractivity contribution >= 4 is 5.82 Å². The van der Waals surface area contributed by atoms with E-state index < -0.39 is 0 Å². The molecule has 2 heterocycles. The lowest BCUT2D eigenvalue weighted by atomic mass is 10.1. The molecule has 21 heavy (non-hydrogen) atoms. The predicted octanol–water partition coefficient (Wildman–Crippen LogP) is 2.40. The van der Waals surface area contributed by atoms with Crippen LogP contribution >= 0.6 is 0 Å². The quantitative estimate of drug-likeness (QED) is 0.905. The Morgan fingerprint density at radius 3 is 2.71 bits per heavy atom. The first-order valence-corrected chi connectivity index (χ1v) is 7.45. The molecule has 1 fully saturated rings. The third kappa shape index (κ3) is 3.19. The molecule has 1 saturated heterocycles. The summed E-state index contributed by atoms with van der Waals surface area (Å²) < 4.78 is 5.66. The largest absolute Gasteiger partial charge is 0.491 e. The topological polar surface area (TPSA) is 67.2 Å². The van der Waals surface area contributed by atoms with Gasteiger partial charge in [-0.25, -0.2) is 0 Å². The van der Waals surface area contributed by atoms with E-state index in [0.717, 1.165) is 42.3 Å². The number of H-pyrrole nitrogens is 1. The molecule has 1 unspecified atom stereocenters. The summed E-state index contributed by atoms with van der Waals surface area (Å²) in [5.74, 6) is 1.86. The average Bonchev–Trinajstić information content (AvgIpc) is 3.07. The molecule has 2 aromatic rings. The summed E-state index contributed by atoms with van der Waals surface area (Å²) in [4.78, 5) is 2.22. The van der Waals surface area contributed by atoms with Crippen molar-refractivity contribution in [3.05, 3.63) is 30.3 Å². The summed E-state index contributed by atoms with van der Waals surface area (Å²) in [6.45, 7) is 5.91. The van der Waals surface area contributed by atoms with Gasteiger partial charge in [-0.3, -0.25) is 5.10 Å². The minimum Gasteiger partial charge on any atom is -0.491 e. The molecule has 0 bridgehead atoms. The van der Waals surface area contributed by atoms with Gasteiger partial charge in [-0.05, 0) is 50.1 Å². The van der Waals surface area contributed by atoms with Crippen LogP contribution in [-0.4, -0.2) is 35.4 Å². The van der Waals surface area contributed by atoms with Crippen molar-refractivity contribution in [2.24, 2.45) is 5.73 Å². The number of nitrogens with two attached hydrogens (primary N) is 1. The summed E-state index contributed by atoms with van der Waals surface area (Å²) in [5.41, 5.74) is 8.06. The number of aromatic amines is 1. The highest BCUT2D eigenvalue weighted by Gasteiger charge is 2.21. The monoisotopic (exact) mass is 286 g/mol. The zero-order valence-corrected chi connectivity index (χ0v) is 12.5. The number of benzene rings is 1. The van der Waals surface area contributed by atoms with Crippen LogP contribution in [0.4, 0.5) is 5.82 Å². The minimum atomic E-state index is 0.189. The molecule has 3 N–H and O–H groups in total. The van der Waals surface area contributed by atoms with Gasteiger partial charge in [0.15, 0.2) is 5.82 Å². The fourth-order valence-corrected chi connectivity index (χ4v) is 2.60. The second kappa shape index (κ2) is 5.77. The van der Waals surface area contributed by atoms with Crippen molar-refractivity contribution < 1.29 is 4.74 Å². The van der Waals surface area contributed by atoms with Gasteiger partial charge in [0.1, 0.15) is 5.75 Å². The van der Waals surface area contributed by atoms with Crippen molar-refractivity contribution in [3.63, 3.8) is 0 Å². The molecule has 1 aliphatic rings. The van der Waals surface area contributed by atoms with Crippen LogP contribution in [0.25, 0.3) is 11.3 Å². The van der Waals surface area contributed by atoms with Crippen LogP contribution in [-0.2, 0) is 0 Å². The van der Waals surface area contributed by atoms with E-state index >= 15 is 0 Å². The van der Waals surface area contributed by atoms with Gasteiger partial charge in [0.05, 0.1) is 11.8 Å². The summed E-state index contributed by atoms with van der Waals surface area (Å²) in [7, 11) is 0. The molecule has 0 amide bonds. The molecule has 1 aliphatic heterocycles. The number of hydrogen-bond acceptors (Lipinski definition) is 4. The van der Waals surface area contributed by atoms with Crippen LogP contribution in [0.3, 0.4) is 0 Å². The average molecular weight is 286 g/mol. The molecule has 0 spiro atoms. The van der Waals surface area contributed by atoms with Crippen LogP contribution in [0.5, 0.6) is 5.75 Å². The van der Waals surface area contributed by atoms with Crippen LogP contribution in [0.2, 0.25) is 0 Å². The first-order chi connectivity index (χ1) is 10.1. The van der Waals surface area contributed by atoms with E-state index in [-0.39, 0.29) is 12.1 Å². The lowest BCUT2D eigenvalue weighted by Gasteiger charge is -2.13. The Bertz CT molecular complexity index is 591. The Kier molecular flexibility index (Phi) is 3.84. The molecule has 3 rings (SSSR count). The number of hydrogen-bond donors (Lipinski definition) is 2. The number of aromatic nitrogens is 2. The number of anilines is 1. The first-order valence-electron chi connectivity index (χ1n) is 7.45. The molecule has 1 aromatic heterocycles. The van der Waals surface area contributed by atoms with E-state index in [9.17, 15) is 0 Å². The van der Waals surface area contributed by atoms with E-state index in [2.05, 4.69) is 21.2 Å². The molecule has 1 aromatic carbocycles. The molecule has 5 nitrogen and oxygen atoms in total. The molecule has 0 saturated carbocycles. The Balaban J connectivity index is 1.73. The predicted molar refractivity (Wildman–Crippen MR) is 84.6 cm³/mol. The van der Waals surface area contributed by atoms with Crippen LogP contribution in [0, 0.1) is 0 Å². The minimum absolute atomic E-state index is 0.189. The maximum atomic E-state index is 5.94. The molecule has 112 valence electrons. The number of nitrogens with one attached hydrogen (secondary N) is 1. The maximum Gasteiger partial charge on any atom is 0.151 e. The van der Waals surface area contributed by atoms with Crippen molar-refractivity contribution in [1.82, 2.24) is 10.2 Å². The highest BCUT2D eigenvalue weighted by atomic mass is 16.5. The van der Waals surface area contributed by atoms with Gasteiger partial charge in [0.25, 0.3) is 0 Å². The smallest absolute Gasteiger partial charge is 0.151 e. The Morgan fingerprint density at radius 2 is 2.10 bits per heavy atom. The third-order valence-electron chi connectivity index (χ3n) is 3.65. The molecule has 0 aliphatic carbocycles. The SMILES string of the molecule is CC(C)Oc1ccc(-c2cc(N3CCC(N)C3)n[nH]2)cc1. The van der Waals surface area contributed by atoms with Crippen molar-refractivity contribution in [2.75, 3.05) is 18.0 Å². The summed E-state index contributed by atoms with van der Waals surface area (Å²) in [6.07, 6.45) is 1.22. The molecule has 1 atom stereocenters. The zero-order chi connectivity index (χ0) is 14.8. The fraction of sp³-hybridized carbons (Fsp3) is 0.438. The van der Waals surface area contributed by atoms with Gasteiger partial charge in [0.2, 0.25) is 0 Å². The highest BCUT2D eigenvalue weighted by Crippen LogP contribution is 2.25.